The third-order valence-corrected chi connectivity index (χ3v) is 4.71. The Labute approximate surface area is 125 Å². The Hall–Kier alpha value is -2.22. The molecule has 1 aliphatic rings. The molecule has 1 aromatic heterocycles. The fourth-order valence-corrected chi connectivity index (χ4v) is 3.64. The first-order chi connectivity index (χ1) is 10.3. The molecule has 0 bridgehead atoms. The van der Waals surface area contributed by atoms with E-state index in [-0.39, 0.29) is 0 Å². The van der Waals surface area contributed by atoms with Crippen LogP contribution in [-0.2, 0) is 13.0 Å². The smallest absolute Gasteiger partial charge is 0.0501 e. The van der Waals surface area contributed by atoms with Crippen LogP contribution in [0.5, 0.6) is 0 Å². The summed E-state index contributed by atoms with van der Waals surface area (Å²) in [5, 5.41) is 1.27. The minimum atomic E-state index is 0.618. The summed E-state index contributed by atoms with van der Waals surface area (Å²) in [6, 6.07) is 17.3. The monoisotopic (exact) mass is 276 g/mol. The van der Waals surface area contributed by atoms with Gasteiger partial charge in [0, 0.05) is 24.3 Å². The van der Waals surface area contributed by atoms with Crippen LogP contribution in [0.15, 0.2) is 54.7 Å². The van der Waals surface area contributed by atoms with E-state index in [1.165, 1.54) is 41.3 Å². The molecule has 0 spiro atoms. The zero-order valence-electron chi connectivity index (χ0n) is 12.1. The average Bonchev–Trinajstić information content (AvgIpc) is 2.90. The lowest BCUT2D eigenvalue weighted by molar-refractivity contribution is 0.490. The van der Waals surface area contributed by atoms with Gasteiger partial charge in [-0.2, -0.15) is 0 Å². The fourth-order valence-electron chi connectivity index (χ4n) is 3.64. The van der Waals surface area contributed by atoms with Crippen LogP contribution in [-0.4, -0.2) is 4.57 Å². The number of fused-ring (bicyclic) bond motifs is 2. The number of hydrogen-bond donors (Lipinski definition) is 1. The highest BCUT2D eigenvalue weighted by Crippen LogP contribution is 2.33. The summed E-state index contributed by atoms with van der Waals surface area (Å²) < 4.78 is 2.36. The molecule has 2 heteroatoms. The number of nitrogens with two attached hydrogens (primary N) is 1. The zero-order valence-corrected chi connectivity index (χ0v) is 12.1. The lowest BCUT2D eigenvalue weighted by atomic mass is 9.83. The molecule has 0 aliphatic heterocycles. The molecule has 2 aromatic carbocycles. The molecule has 0 saturated carbocycles. The average molecular weight is 276 g/mol. The maximum Gasteiger partial charge on any atom is 0.0501 e. The predicted octanol–water partition coefficient (Wildman–Crippen LogP) is 4.34. The minimum absolute atomic E-state index is 0.618. The first-order valence-corrected chi connectivity index (χ1v) is 7.73. The summed E-state index contributed by atoms with van der Waals surface area (Å²) in [4.78, 5) is 0. The van der Waals surface area contributed by atoms with Crippen molar-refractivity contribution in [3.05, 3.63) is 65.9 Å². The van der Waals surface area contributed by atoms with Gasteiger partial charge in [0.15, 0.2) is 0 Å². The molecule has 1 aliphatic carbocycles. The molecular formula is C19H20N2. The van der Waals surface area contributed by atoms with Crippen LogP contribution in [0.2, 0.25) is 0 Å². The van der Waals surface area contributed by atoms with Crippen LogP contribution >= 0.6 is 0 Å². The molecule has 1 unspecified atom stereocenters. The lowest BCUT2D eigenvalue weighted by Crippen LogP contribution is -2.15. The van der Waals surface area contributed by atoms with E-state index in [1.807, 2.05) is 6.07 Å². The normalized spacial score (nSPS) is 17.8. The Bertz CT molecular complexity index is 785. The van der Waals surface area contributed by atoms with E-state index in [1.54, 1.807) is 0 Å². The number of benzene rings is 2. The molecule has 21 heavy (non-hydrogen) atoms. The minimum Gasteiger partial charge on any atom is -0.399 e. The van der Waals surface area contributed by atoms with Crippen molar-refractivity contribution in [2.24, 2.45) is 0 Å². The molecule has 0 fully saturated rings. The molecule has 2 nitrogen and oxygen atoms in total. The Balaban J connectivity index is 1.71. The summed E-state index contributed by atoms with van der Waals surface area (Å²) >= 11 is 0. The van der Waals surface area contributed by atoms with E-state index >= 15 is 0 Å². The number of anilines is 1. The summed E-state index contributed by atoms with van der Waals surface area (Å²) in [5.74, 6) is 0.618. The molecule has 3 aromatic rings. The Morgan fingerprint density at radius 3 is 2.95 bits per heavy atom. The number of aromatic nitrogens is 1. The molecule has 1 heterocycles. The quantitative estimate of drug-likeness (QED) is 0.693. The SMILES string of the molecule is Nc1ccc2ccn(CC3CCCc4ccccc43)c2c1. The molecule has 0 radical (unpaired) electrons. The van der Waals surface area contributed by atoms with Crippen molar-refractivity contribution in [3.8, 4) is 0 Å². The lowest BCUT2D eigenvalue weighted by Gasteiger charge is -2.26. The third-order valence-electron chi connectivity index (χ3n) is 4.71. The van der Waals surface area contributed by atoms with E-state index in [2.05, 4.69) is 53.2 Å². The van der Waals surface area contributed by atoms with Crippen LogP contribution in [0.3, 0.4) is 0 Å². The molecule has 0 amide bonds. The number of nitrogen functional groups attached to an aromatic ring is 1. The maximum absolute atomic E-state index is 5.95. The van der Waals surface area contributed by atoms with Gasteiger partial charge in [0.2, 0.25) is 0 Å². The van der Waals surface area contributed by atoms with E-state index in [0.717, 1.165) is 12.2 Å². The topological polar surface area (TPSA) is 30.9 Å². The van der Waals surface area contributed by atoms with Crippen molar-refractivity contribution in [1.82, 2.24) is 4.57 Å². The van der Waals surface area contributed by atoms with Crippen LogP contribution in [0.1, 0.15) is 29.9 Å². The van der Waals surface area contributed by atoms with Crippen molar-refractivity contribution in [1.29, 1.82) is 0 Å². The van der Waals surface area contributed by atoms with Crippen molar-refractivity contribution in [3.63, 3.8) is 0 Å². The van der Waals surface area contributed by atoms with Gasteiger partial charge in [-0.15, -0.1) is 0 Å². The molecule has 1 atom stereocenters. The summed E-state index contributed by atoms with van der Waals surface area (Å²) in [7, 11) is 0. The van der Waals surface area contributed by atoms with Crippen LogP contribution < -0.4 is 5.73 Å². The van der Waals surface area contributed by atoms with Crippen molar-refractivity contribution >= 4 is 16.6 Å². The van der Waals surface area contributed by atoms with Crippen LogP contribution in [0, 0.1) is 0 Å². The van der Waals surface area contributed by atoms with Gasteiger partial charge >= 0.3 is 0 Å². The Kier molecular flexibility index (Phi) is 2.95. The highest BCUT2D eigenvalue weighted by molar-refractivity contribution is 5.83. The van der Waals surface area contributed by atoms with E-state index < -0.39 is 0 Å². The second-order valence-electron chi connectivity index (χ2n) is 6.07. The summed E-state index contributed by atoms with van der Waals surface area (Å²) in [5.41, 5.74) is 11.1. The van der Waals surface area contributed by atoms with Crippen LogP contribution in [0.25, 0.3) is 10.9 Å². The summed E-state index contributed by atoms with van der Waals surface area (Å²) in [6.45, 7) is 1.05. The second kappa shape index (κ2) is 4.96. The van der Waals surface area contributed by atoms with Gasteiger partial charge in [-0.25, -0.2) is 0 Å². The Morgan fingerprint density at radius 1 is 1.10 bits per heavy atom. The fraction of sp³-hybridized carbons (Fsp3) is 0.263. The first-order valence-electron chi connectivity index (χ1n) is 7.73. The zero-order chi connectivity index (χ0) is 14.2. The van der Waals surface area contributed by atoms with Crippen LogP contribution in [0.4, 0.5) is 5.69 Å². The highest BCUT2D eigenvalue weighted by Gasteiger charge is 2.20. The van der Waals surface area contributed by atoms with Gasteiger partial charge in [-0.3, -0.25) is 0 Å². The molecule has 4 rings (SSSR count). The summed E-state index contributed by atoms with van der Waals surface area (Å²) in [6.07, 6.45) is 6.00. The molecule has 106 valence electrons. The van der Waals surface area contributed by atoms with Gasteiger partial charge in [-0.05, 0) is 54.0 Å². The second-order valence-corrected chi connectivity index (χ2v) is 6.07. The van der Waals surface area contributed by atoms with Crippen molar-refractivity contribution in [2.75, 3.05) is 5.73 Å². The number of hydrogen-bond acceptors (Lipinski definition) is 1. The molecular weight excluding hydrogens is 256 g/mol. The largest absolute Gasteiger partial charge is 0.399 e. The van der Waals surface area contributed by atoms with Gasteiger partial charge in [0.25, 0.3) is 0 Å². The highest BCUT2D eigenvalue weighted by atomic mass is 15.0. The van der Waals surface area contributed by atoms with E-state index in [4.69, 9.17) is 5.73 Å². The predicted molar refractivity (Wildman–Crippen MR) is 88.5 cm³/mol. The van der Waals surface area contributed by atoms with Crippen molar-refractivity contribution < 1.29 is 0 Å². The van der Waals surface area contributed by atoms with Crippen molar-refractivity contribution in [2.45, 2.75) is 31.7 Å². The van der Waals surface area contributed by atoms with Gasteiger partial charge < -0.3 is 10.3 Å². The molecule has 0 saturated heterocycles. The van der Waals surface area contributed by atoms with E-state index in [9.17, 15) is 0 Å². The number of rotatable bonds is 2. The van der Waals surface area contributed by atoms with Gasteiger partial charge in [0.05, 0.1) is 5.52 Å². The standard InChI is InChI=1S/C19H20N2/c20-17-9-8-15-10-11-21(19(15)12-17)13-16-6-3-5-14-4-1-2-7-18(14)16/h1-2,4,7-12,16H,3,5-6,13,20H2. The Morgan fingerprint density at radius 2 is 2.00 bits per heavy atom. The first kappa shape index (κ1) is 12.5. The van der Waals surface area contributed by atoms with Gasteiger partial charge in [0.1, 0.15) is 0 Å². The van der Waals surface area contributed by atoms with E-state index in [0.29, 0.717) is 5.92 Å². The van der Waals surface area contributed by atoms with Gasteiger partial charge in [-0.1, -0.05) is 30.3 Å². The maximum atomic E-state index is 5.95. The third kappa shape index (κ3) is 2.21. The molecule has 2 N–H and O–H groups in total. The number of nitrogens with zero attached hydrogens (tertiary/aromatic N) is 1. The number of aryl methyl sites for hydroxylation is 1.